The number of para-hydroxylation sites is 1. The molecule has 0 fully saturated rings. The minimum atomic E-state index is -0.194. The Labute approximate surface area is 126 Å². The number of hydrogen-bond donors (Lipinski definition) is 2. The van der Waals surface area contributed by atoms with Gasteiger partial charge in [-0.3, -0.25) is 4.79 Å². The number of benzene rings is 2. The lowest BCUT2D eigenvalue weighted by atomic mass is 10.2. The first kappa shape index (κ1) is 14.3. The predicted octanol–water partition coefficient (Wildman–Crippen LogP) is 3.01. The van der Waals surface area contributed by atoms with Crippen molar-refractivity contribution in [3.8, 4) is 0 Å². The lowest BCUT2D eigenvalue weighted by Crippen LogP contribution is -2.25. The second-order valence-electron chi connectivity index (χ2n) is 4.07. The fraction of sp³-hybridized carbons (Fsp3) is 0.0667. The van der Waals surface area contributed by atoms with Crippen LogP contribution in [0, 0.1) is 0 Å². The number of nitrogens with zero attached hydrogens (tertiary/aromatic N) is 1. The maximum Gasteiger partial charge on any atom is 0.259 e. The van der Waals surface area contributed by atoms with Crippen molar-refractivity contribution < 1.29 is 4.79 Å². The number of anilines is 1. The van der Waals surface area contributed by atoms with Crippen LogP contribution in [0.2, 0.25) is 0 Å². The molecule has 0 aromatic heterocycles. The van der Waals surface area contributed by atoms with Gasteiger partial charge in [0, 0.05) is 10.2 Å². The van der Waals surface area contributed by atoms with Crippen molar-refractivity contribution >= 4 is 33.7 Å². The van der Waals surface area contributed by atoms with Gasteiger partial charge in [0.05, 0.1) is 12.8 Å². The third kappa shape index (κ3) is 4.85. The Kier molecular flexibility index (Phi) is 5.32. The van der Waals surface area contributed by atoms with E-state index in [2.05, 4.69) is 31.8 Å². The average molecular weight is 332 g/mol. The molecule has 2 aromatic rings. The van der Waals surface area contributed by atoms with Crippen LogP contribution in [0.4, 0.5) is 5.69 Å². The van der Waals surface area contributed by atoms with Crippen LogP contribution in [-0.4, -0.2) is 18.7 Å². The molecule has 0 spiro atoms. The van der Waals surface area contributed by atoms with Gasteiger partial charge in [-0.25, -0.2) is 5.43 Å². The molecule has 0 bridgehead atoms. The Morgan fingerprint density at radius 3 is 2.70 bits per heavy atom. The molecule has 0 unspecified atom stereocenters. The number of carbonyl (C=O) groups excluding carboxylic acids is 1. The van der Waals surface area contributed by atoms with E-state index in [0.29, 0.717) is 0 Å². The Bertz CT molecular complexity index is 599. The highest BCUT2D eigenvalue weighted by Crippen LogP contribution is 2.09. The summed E-state index contributed by atoms with van der Waals surface area (Å²) in [6.07, 6.45) is 1.60. The molecule has 2 N–H and O–H groups in total. The predicted molar refractivity (Wildman–Crippen MR) is 84.8 cm³/mol. The number of amides is 1. The van der Waals surface area contributed by atoms with Crippen LogP contribution in [0.15, 0.2) is 64.2 Å². The molecule has 0 aliphatic rings. The molecular weight excluding hydrogens is 318 g/mol. The van der Waals surface area contributed by atoms with E-state index in [1.807, 2.05) is 54.6 Å². The topological polar surface area (TPSA) is 53.5 Å². The van der Waals surface area contributed by atoms with Gasteiger partial charge in [0.15, 0.2) is 0 Å². The zero-order valence-electron chi connectivity index (χ0n) is 10.7. The van der Waals surface area contributed by atoms with Crippen molar-refractivity contribution in [1.29, 1.82) is 0 Å². The molecule has 102 valence electrons. The van der Waals surface area contributed by atoms with E-state index in [1.165, 1.54) is 0 Å². The molecule has 5 heteroatoms. The summed E-state index contributed by atoms with van der Waals surface area (Å²) in [5.41, 5.74) is 4.29. The van der Waals surface area contributed by atoms with Crippen LogP contribution < -0.4 is 10.7 Å². The van der Waals surface area contributed by atoms with Crippen LogP contribution in [0.25, 0.3) is 0 Å². The molecule has 0 saturated carbocycles. The summed E-state index contributed by atoms with van der Waals surface area (Å²) in [7, 11) is 0. The third-order valence-electron chi connectivity index (χ3n) is 2.48. The summed E-state index contributed by atoms with van der Waals surface area (Å²) < 4.78 is 0.971. The minimum absolute atomic E-state index is 0.180. The zero-order chi connectivity index (χ0) is 14.2. The second kappa shape index (κ2) is 7.45. The van der Waals surface area contributed by atoms with E-state index in [4.69, 9.17) is 0 Å². The Balaban J connectivity index is 1.78. The largest absolute Gasteiger partial charge is 0.376 e. The summed E-state index contributed by atoms with van der Waals surface area (Å²) in [4.78, 5) is 11.6. The lowest BCUT2D eigenvalue weighted by molar-refractivity contribution is -0.119. The van der Waals surface area contributed by atoms with Gasteiger partial charge in [-0.05, 0) is 29.8 Å². The van der Waals surface area contributed by atoms with Gasteiger partial charge in [-0.2, -0.15) is 5.10 Å². The molecule has 0 heterocycles. The molecule has 0 aliphatic carbocycles. The van der Waals surface area contributed by atoms with Gasteiger partial charge < -0.3 is 5.32 Å². The van der Waals surface area contributed by atoms with Crippen molar-refractivity contribution in [2.45, 2.75) is 0 Å². The van der Waals surface area contributed by atoms with Crippen LogP contribution in [0.3, 0.4) is 0 Å². The van der Waals surface area contributed by atoms with Gasteiger partial charge in [-0.15, -0.1) is 0 Å². The van der Waals surface area contributed by atoms with E-state index < -0.39 is 0 Å². The first-order chi connectivity index (χ1) is 9.74. The smallest absolute Gasteiger partial charge is 0.259 e. The molecule has 0 aliphatic heterocycles. The summed E-state index contributed by atoms with van der Waals surface area (Å²) in [6, 6.07) is 17.2. The number of rotatable bonds is 5. The van der Waals surface area contributed by atoms with Crippen molar-refractivity contribution in [3.05, 3.63) is 64.6 Å². The quantitative estimate of drug-likeness (QED) is 0.653. The number of halogens is 1. The highest BCUT2D eigenvalue weighted by molar-refractivity contribution is 9.10. The maximum atomic E-state index is 11.6. The monoisotopic (exact) mass is 331 g/mol. The molecule has 4 nitrogen and oxygen atoms in total. The highest BCUT2D eigenvalue weighted by Gasteiger charge is 1.98. The fourth-order valence-corrected chi connectivity index (χ4v) is 1.96. The van der Waals surface area contributed by atoms with E-state index in [9.17, 15) is 4.79 Å². The van der Waals surface area contributed by atoms with E-state index in [0.717, 1.165) is 15.7 Å². The van der Waals surface area contributed by atoms with E-state index in [1.54, 1.807) is 6.21 Å². The van der Waals surface area contributed by atoms with Crippen LogP contribution in [0.1, 0.15) is 5.56 Å². The molecular formula is C15H14BrN3O. The van der Waals surface area contributed by atoms with Gasteiger partial charge in [0.25, 0.3) is 5.91 Å². The molecule has 0 saturated heterocycles. The standard InChI is InChI=1S/C15H14BrN3O/c16-13-6-4-5-12(9-13)10-18-19-15(20)11-17-14-7-2-1-3-8-14/h1-10,17H,11H2,(H,19,20)/b18-10+. The summed E-state index contributed by atoms with van der Waals surface area (Å²) in [5.74, 6) is -0.194. The fourth-order valence-electron chi connectivity index (χ4n) is 1.54. The minimum Gasteiger partial charge on any atom is -0.376 e. The maximum absolute atomic E-state index is 11.6. The number of nitrogens with one attached hydrogen (secondary N) is 2. The van der Waals surface area contributed by atoms with Gasteiger partial charge in [0.1, 0.15) is 0 Å². The van der Waals surface area contributed by atoms with Crippen LogP contribution in [-0.2, 0) is 4.79 Å². The van der Waals surface area contributed by atoms with Crippen molar-refractivity contribution in [2.75, 3.05) is 11.9 Å². The van der Waals surface area contributed by atoms with Crippen molar-refractivity contribution in [2.24, 2.45) is 5.10 Å². The first-order valence-electron chi connectivity index (χ1n) is 6.10. The molecule has 20 heavy (non-hydrogen) atoms. The SMILES string of the molecule is O=C(CNc1ccccc1)N/N=C/c1cccc(Br)c1. The first-order valence-corrected chi connectivity index (χ1v) is 6.90. The summed E-state index contributed by atoms with van der Waals surface area (Å²) in [6.45, 7) is 0.180. The molecule has 1 amide bonds. The van der Waals surface area contributed by atoms with Crippen molar-refractivity contribution in [1.82, 2.24) is 5.43 Å². The van der Waals surface area contributed by atoms with Gasteiger partial charge >= 0.3 is 0 Å². The van der Waals surface area contributed by atoms with Crippen LogP contribution >= 0.6 is 15.9 Å². The van der Waals surface area contributed by atoms with Gasteiger partial charge in [-0.1, -0.05) is 46.3 Å². The van der Waals surface area contributed by atoms with Crippen molar-refractivity contribution in [3.63, 3.8) is 0 Å². The molecule has 2 aromatic carbocycles. The molecule has 0 atom stereocenters. The Hall–Kier alpha value is -2.14. The Morgan fingerprint density at radius 2 is 1.95 bits per heavy atom. The zero-order valence-corrected chi connectivity index (χ0v) is 12.3. The van der Waals surface area contributed by atoms with E-state index >= 15 is 0 Å². The van der Waals surface area contributed by atoms with Gasteiger partial charge in [0.2, 0.25) is 0 Å². The highest BCUT2D eigenvalue weighted by atomic mass is 79.9. The Morgan fingerprint density at radius 1 is 1.15 bits per heavy atom. The third-order valence-corrected chi connectivity index (χ3v) is 2.97. The number of hydrazone groups is 1. The summed E-state index contributed by atoms with van der Waals surface area (Å²) >= 11 is 3.37. The molecule has 0 radical (unpaired) electrons. The second-order valence-corrected chi connectivity index (χ2v) is 4.98. The lowest BCUT2D eigenvalue weighted by Gasteiger charge is -2.04. The average Bonchev–Trinajstić information content (AvgIpc) is 2.46. The van der Waals surface area contributed by atoms with Crippen LogP contribution in [0.5, 0.6) is 0 Å². The van der Waals surface area contributed by atoms with E-state index in [-0.39, 0.29) is 12.5 Å². The summed E-state index contributed by atoms with van der Waals surface area (Å²) in [5, 5.41) is 6.92. The normalized spacial score (nSPS) is 10.4. The number of hydrogen-bond acceptors (Lipinski definition) is 3. The number of carbonyl (C=O) groups is 1. The molecule has 2 rings (SSSR count).